The van der Waals surface area contributed by atoms with Crippen molar-refractivity contribution < 1.29 is 28.3 Å². The van der Waals surface area contributed by atoms with Gasteiger partial charge in [0.05, 0.1) is 12.9 Å². The number of nitrogen functional groups attached to an aromatic ring is 1. The average Bonchev–Trinajstić information content (AvgIpc) is 3.09. The first kappa shape index (κ1) is 14.8. The fourth-order valence-corrected chi connectivity index (χ4v) is 3.92. The van der Waals surface area contributed by atoms with Gasteiger partial charge in [0.1, 0.15) is 18.3 Å². The zero-order chi connectivity index (χ0) is 16.4. The van der Waals surface area contributed by atoms with E-state index in [1.807, 2.05) is 0 Å². The maximum atomic E-state index is 11.8. The molecule has 2 saturated heterocycles. The third-order valence-electron chi connectivity index (χ3n) is 3.70. The summed E-state index contributed by atoms with van der Waals surface area (Å²) in [4.78, 5) is 31.5. The van der Waals surface area contributed by atoms with Crippen molar-refractivity contribution in [2.75, 3.05) is 12.3 Å². The molecule has 1 unspecified atom stereocenters. The molecule has 5 atom stereocenters. The highest BCUT2D eigenvalue weighted by Gasteiger charge is 2.57. The summed E-state index contributed by atoms with van der Waals surface area (Å²) in [7, 11) is -4.23. The second kappa shape index (κ2) is 4.84. The zero-order valence-corrected chi connectivity index (χ0v) is 12.3. The van der Waals surface area contributed by atoms with E-state index < -0.39 is 44.5 Å². The molecule has 4 rings (SSSR count). The summed E-state index contributed by atoms with van der Waals surface area (Å²) in [6.07, 6.45) is -2.46. The molecule has 5 N–H and O–H groups in total. The highest BCUT2D eigenvalue weighted by Crippen LogP contribution is 2.58. The lowest BCUT2D eigenvalue weighted by Gasteiger charge is -2.18. The number of imidazole rings is 1. The summed E-state index contributed by atoms with van der Waals surface area (Å²) in [6, 6.07) is 0. The van der Waals surface area contributed by atoms with Crippen molar-refractivity contribution in [2.24, 2.45) is 0 Å². The number of ether oxygens (including phenoxy) is 1. The fraction of sp³-hybridized carbons (Fsp3) is 0.500. The molecule has 4 heterocycles. The van der Waals surface area contributed by atoms with E-state index in [9.17, 15) is 19.4 Å². The van der Waals surface area contributed by atoms with Crippen LogP contribution in [0, 0.1) is 0 Å². The number of anilines is 1. The Labute approximate surface area is 127 Å². The standard InChI is InChI=1S/C10H12N5O7P/c11-10-13-7-4(8(17)14-10)12-2-15(7)9-6-5(3(1-16)20-9)21-23(18,19)22-6/h2-3,5-6,9,16H,1H2,(H,18,19)(H3,11,13,14,17)/t3-,5+,6-,9+/m0/s1. The van der Waals surface area contributed by atoms with Gasteiger partial charge in [-0.05, 0) is 0 Å². The molecule has 0 aliphatic carbocycles. The molecule has 0 amide bonds. The Kier molecular flexibility index (Phi) is 3.10. The van der Waals surface area contributed by atoms with Crippen LogP contribution in [0.3, 0.4) is 0 Å². The van der Waals surface area contributed by atoms with Crippen LogP contribution in [0.2, 0.25) is 0 Å². The van der Waals surface area contributed by atoms with E-state index in [1.165, 1.54) is 10.9 Å². The van der Waals surface area contributed by atoms with Gasteiger partial charge in [-0.1, -0.05) is 0 Å². The lowest BCUT2D eigenvalue weighted by molar-refractivity contribution is -0.0589. The van der Waals surface area contributed by atoms with Crippen molar-refractivity contribution in [2.45, 2.75) is 24.5 Å². The van der Waals surface area contributed by atoms with E-state index >= 15 is 0 Å². The quantitative estimate of drug-likeness (QED) is 0.467. The maximum absolute atomic E-state index is 11.8. The van der Waals surface area contributed by atoms with E-state index in [0.717, 1.165) is 0 Å². The van der Waals surface area contributed by atoms with E-state index in [0.29, 0.717) is 0 Å². The van der Waals surface area contributed by atoms with Crippen LogP contribution in [-0.4, -0.2) is 54.4 Å². The lowest BCUT2D eigenvalue weighted by atomic mass is 10.1. The minimum Gasteiger partial charge on any atom is -0.394 e. The Morgan fingerprint density at radius 2 is 2.17 bits per heavy atom. The minimum absolute atomic E-state index is 0.0258. The monoisotopic (exact) mass is 345 g/mol. The number of phosphoric ester groups is 1. The topological polar surface area (TPSA) is 175 Å². The van der Waals surface area contributed by atoms with Crippen LogP contribution >= 0.6 is 7.82 Å². The third-order valence-corrected chi connectivity index (χ3v) is 4.72. The van der Waals surface area contributed by atoms with Crippen LogP contribution in [0.25, 0.3) is 11.2 Å². The Hall–Kier alpha value is -1.82. The number of hydrogen-bond donors (Lipinski definition) is 4. The summed E-state index contributed by atoms with van der Waals surface area (Å²) < 4.78 is 28.5. The normalized spacial score (nSPS) is 36.6. The summed E-state index contributed by atoms with van der Waals surface area (Å²) in [5.41, 5.74) is 5.14. The molecule has 13 heteroatoms. The predicted molar refractivity (Wildman–Crippen MR) is 73.1 cm³/mol. The molecular weight excluding hydrogens is 333 g/mol. The van der Waals surface area contributed by atoms with Crippen LogP contribution in [0.1, 0.15) is 6.23 Å². The van der Waals surface area contributed by atoms with Crippen molar-refractivity contribution in [3.8, 4) is 0 Å². The van der Waals surface area contributed by atoms with Gasteiger partial charge in [0.25, 0.3) is 5.56 Å². The number of H-pyrrole nitrogens is 1. The maximum Gasteiger partial charge on any atom is 0.473 e. The molecule has 0 spiro atoms. The summed E-state index contributed by atoms with van der Waals surface area (Å²) in [6.45, 7) is -0.441. The van der Waals surface area contributed by atoms with Gasteiger partial charge < -0.3 is 20.5 Å². The largest absolute Gasteiger partial charge is 0.473 e. The summed E-state index contributed by atoms with van der Waals surface area (Å²) in [5, 5.41) is 9.35. The van der Waals surface area contributed by atoms with Gasteiger partial charge in [-0.3, -0.25) is 23.4 Å². The molecule has 0 aromatic carbocycles. The molecule has 124 valence electrons. The molecule has 0 radical (unpaired) electrons. The van der Waals surface area contributed by atoms with E-state index in [1.54, 1.807) is 0 Å². The van der Waals surface area contributed by atoms with Crippen LogP contribution < -0.4 is 11.3 Å². The van der Waals surface area contributed by atoms with Gasteiger partial charge in [0, 0.05) is 0 Å². The minimum atomic E-state index is -4.23. The van der Waals surface area contributed by atoms with Gasteiger partial charge in [-0.25, -0.2) is 9.55 Å². The highest BCUT2D eigenvalue weighted by atomic mass is 31.2. The predicted octanol–water partition coefficient (Wildman–Crippen LogP) is -1.52. The van der Waals surface area contributed by atoms with E-state index in [4.69, 9.17) is 19.5 Å². The van der Waals surface area contributed by atoms with Crippen molar-refractivity contribution in [3.63, 3.8) is 0 Å². The first-order valence-electron chi connectivity index (χ1n) is 6.58. The molecule has 2 aromatic heterocycles. The molecule has 23 heavy (non-hydrogen) atoms. The highest BCUT2D eigenvalue weighted by molar-refractivity contribution is 7.47. The van der Waals surface area contributed by atoms with Crippen molar-refractivity contribution >= 4 is 24.9 Å². The van der Waals surface area contributed by atoms with Gasteiger partial charge in [0.15, 0.2) is 17.4 Å². The van der Waals surface area contributed by atoms with E-state index in [2.05, 4.69) is 15.0 Å². The number of rotatable bonds is 2. The van der Waals surface area contributed by atoms with Crippen molar-refractivity contribution in [1.29, 1.82) is 0 Å². The molecule has 2 aliphatic heterocycles. The van der Waals surface area contributed by atoms with Crippen molar-refractivity contribution in [1.82, 2.24) is 19.5 Å². The Morgan fingerprint density at radius 3 is 2.91 bits per heavy atom. The van der Waals surface area contributed by atoms with Gasteiger partial charge in [-0.15, -0.1) is 0 Å². The first-order valence-corrected chi connectivity index (χ1v) is 8.07. The average molecular weight is 345 g/mol. The summed E-state index contributed by atoms with van der Waals surface area (Å²) >= 11 is 0. The number of aromatic nitrogens is 4. The molecule has 0 bridgehead atoms. The number of aliphatic hydroxyl groups excluding tert-OH is 1. The Balaban J connectivity index is 1.82. The molecule has 2 fully saturated rings. The second-order valence-electron chi connectivity index (χ2n) is 5.13. The smallest absolute Gasteiger partial charge is 0.394 e. The van der Waals surface area contributed by atoms with Crippen LogP contribution in [0.4, 0.5) is 5.95 Å². The third kappa shape index (κ3) is 2.19. The first-order chi connectivity index (χ1) is 10.9. The van der Waals surface area contributed by atoms with Crippen LogP contribution in [-0.2, 0) is 18.3 Å². The second-order valence-corrected chi connectivity index (χ2v) is 6.49. The molecule has 2 aliphatic rings. The number of hydrogen-bond acceptors (Lipinski definition) is 9. The van der Waals surface area contributed by atoms with Gasteiger partial charge in [0.2, 0.25) is 5.95 Å². The fourth-order valence-electron chi connectivity index (χ4n) is 2.78. The number of aromatic amines is 1. The number of aliphatic hydroxyl groups is 1. The molecule has 0 saturated carbocycles. The number of nitrogens with one attached hydrogen (secondary N) is 1. The number of nitrogens with two attached hydrogens (primary N) is 1. The van der Waals surface area contributed by atoms with E-state index in [-0.39, 0.29) is 17.1 Å². The van der Waals surface area contributed by atoms with Gasteiger partial charge in [-0.2, -0.15) is 4.98 Å². The van der Waals surface area contributed by atoms with Gasteiger partial charge >= 0.3 is 7.82 Å². The zero-order valence-electron chi connectivity index (χ0n) is 11.4. The SMILES string of the molecule is Nc1nc2c(ncn2[C@@H]2O[C@@H](CO)[C@H]3OP(=O)(O)O[C@@H]32)c(=O)[nH]1. The molecular formula is C10H12N5O7P. The lowest BCUT2D eigenvalue weighted by Crippen LogP contribution is -2.30. The number of fused-ring (bicyclic) bond motifs is 2. The van der Waals surface area contributed by atoms with Crippen LogP contribution in [0.5, 0.6) is 0 Å². The molecule has 2 aromatic rings. The number of nitrogens with zero attached hydrogens (tertiary/aromatic N) is 3. The Morgan fingerprint density at radius 1 is 1.43 bits per heavy atom. The van der Waals surface area contributed by atoms with Crippen molar-refractivity contribution in [3.05, 3.63) is 16.7 Å². The van der Waals surface area contributed by atoms with Crippen LogP contribution in [0.15, 0.2) is 11.1 Å². The molecule has 12 nitrogen and oxygen atoms in total. The number of phosphoric acid groups is 1. The Bertz CT molecular complexity index is 880. The summed E-state index contributed by atoms with van der Waals surface area (Å²) in [5.74, 6) is -0.117.